The fraction of sp³-hybridized carbons (Fsp3) is 0.409. The summed E-state index contributed by atoms with van der Waals surface area (Å²) in [6, 6.07) is 14.4. The van der Waals surface area contributed by atoms with E-state index in [9.17, 15) is 9.18 Å². The molecular formula is C22H28FN3O. The van der Waals surface area contributed by atoms with Gasteiger partial charge in [0.2, 0.25) is 0 Å². The molecule has 0 saturated carbocycles. The highest BCUT2D eigenvalue weighted by Crippen LogP contribution is 2.26. The predicted molar refractivity (Wildman–Crippen MR) is 108 cm³/mol. The van der Waals surface area contributed by atoms with Gasteiger partial charge in [-0.1, -0.05) is 18.6 Å². The second-order valence-corrected chi connectivity index (χ2v) is 7.32. The largest absolute Gasteiger partial charge is 0.378 e. The van der Waals surface area contributed by atoms with Crippen LogP contribution in [0.2, 0.25) is 0 Å². The molecule has 0 aromatic heterocycles. The summed E-state index contributed by atoms with van der Waals surface area (Å²) in [5, 5.41) is 3.04. The van der Waals surface area contributed by atoms with Crippen molar-refractivity contribution in [3.8, 4) is 0 Å². The van der Waals surface area contributed by atoms with Gasteiger partial charge in [-0.2, -0.15) is 0 Å². The van der Waals surface area contributed by atoms with Crippen molar-refractivity contribution in [3.05, 3.63) is 65.5 Å². The van der Waals surface area contributed by atoms with Gasteiger partial charge < -0.3 is 10.2 Å². The summed E-state index contributed by atoms with van der Waals surface area (Å²) in [6.07, 6.45) is 3.65. The lowest BCUT2D eigenvalue weighted by molar-refractivity contribution is 0.0924. The third kappa shape index (κ3) is 5.07. The van der Waals surface area contributed by atoms with Crippen LogP contribution in [0, 0.1) is 5.82 Å². The summed E-state index contributed by atoms with van der Waals surface area (Å²) >= 11 is 0. The maximum atomic E-state index is 13.1. The molecule has 1 aliphatic heterocycles. The van der Waals surface area contributed by atoms with Gasteiger partial charge in [-0.05, 0) is 67.9 Å². The van der Waals surface area contributed by atoms with Crippen LogP contribution in [-0.2, 0) is 0 Å². The summed E-state index contributed by atoms with van der Waals surface area (Å²) in [7, 11) is 4.06. The van der Waals surface area contributed by atoms with Gasteiger partial charge in [-0.25, -0.2) is 4.39 Å². The molecule has 5 heteroatoms. The van der Waals surface area contributed by atoms with E-state index in [-0.39, 0.29) is 17.8 Å². The van der Waals surface area contributed by atoms with Crippen LogP contribution in [0.4, 0.5) is 10.1 Å². The van der Waals surface area contributed by atoms with Gasteiger partial charge in [-0.3, -0.25) is 9.69 Å². The number of benzene rings is 2. The molecule has 144 valence electrons. The van der Waals surface area contributed by atoms with E-state index in [0.717, 1.165) is 18.8 Å². The molecule has 27 heavy (non-hydrogen) atoms. The van der Waals surface area contributed by atoms with Crippen LogP contribution in [0.5, 0.6) is 0 Å². The zero-order valence-electron chi connectivity index (χ0n) is 16.1. The molecule has 1 N–H and O–H groups in total. The van der Waals surface area contributed by atoms with Crippen LogP contribution in [0.1, 0.15) is 41.2 Å². The highest BCUT2D eigenvalue weighted by Gasteiger charge is 2.23. The second-order valence-electron chi connectivity index (χ2n) is 7.32. The van der Waals surface area contributed by atoms with Gasteiger partial charge in [0.05, 0.1) is 6.04 Å². The van der Waals surface area contributed by atoms with E-state index in [1.165, 1.54) is 49.1 Å². The lowest BCUT2D eigenvalue weighted by atomic mass is 10.0. The van der Waals surface area contributed by atoms with Crippen molar-refractivity contribution in [2.24, 2.45) is 0 Å². The smallest absolute Gasteiger partial charge is 0.251 e. The number of halogens is 1. The van der Waals surface area contributed by atoms with Crippen molar-refractivity contribution >= 4 is 11.6 Å². The van der Waals surface area contributed by atoms with Crippen LogP contribution in [0.25, 0.3) is 0 Å². The number of carbonyl (C=O) groups excluding carboxylic acids is 1. The third-order valence-electron chi connectivity index (χ3n) is 5.19. The minimum Gasteiger partial charge on any atom is -0.378 e. The molecule has 2 aromatic carbocycles. The van der Waals surface area contributed by atoms with E-state index in [1.54, 1.807) is 0 Å². The molecule has 0 radical (unpaired) electrons. The average Bonchev–Trinajstić information content (AvgIpc) is 2.69. The lowest BCUT2D eigenvalue weighted by Crippen LogP contribution is -2.40. The molecule has 0 spiro atoms. The fourth-order valence-corrected chi connectivity index (χ4v) is 3.58. The number of nitrogens with one attached hydrogen (secondary N) is 1. The molecule has 3 rings (SSSR count). The van der Waals surface area contributed by atoms with Crippen molar-refractivity contribution in [2.45, 2.75) is 25.3 Å². The van der Waals surface area contributed by atoms with Gasteiger partial charge >= 0.3 is 0 Å². The Balaban J connectivity index is 1.73. The number of nitrogens with zero attached hydrogens (tertiary/aromatic N) is 2. The number of rotatable bonds is 6. The van der Waals surface area contributed by atoms with Gasteiger partial charge in [0, 0.05) is 31.9 Å². The van der Waals surface area contributed by atoms with Crippen molar-refractivity contribution in [1.82, 2.24) is 10.2 Å². The summed E-state index contributed by atoms with van der Waals surface area (Å²) in [6.45, 7) is 2.64. The molecule has 1 saturated heterocycles. The number of carbonyl (C=O) groups is 1. The monoisotopic (exact) mass is 369 g/mol. The summed E-state index contributed by atoms with van der Waals surface area (Å²) in [4.78, 5) is 17.0. The molecule has 4 nitrogen and oxygen atoms in total. The van der Waals surface area contributed by atoms with Gasteiger partial charge in [0.1, 0.15) is 5.82 Å². The fourth-order valence-electron chi connectivity index (χ4n) is 3.58. The van der Waals surface area contributed by atoms with Crippen molar-refractivity contribution in [3.63, 3.8) is 0 Å². The van der Waals surface area contributed by atoms with Crippen molar-refractivity contribution < 1.29 is 9.18 Å². The highest BCUT2D eigenvalue weighted by molar-refractivity contribution is 5.94. The summed E-state index contributed by atoms with van der Waals surface area (Å²) < 4.78 is 13.1. The first-order valence-electron chi connectivity index (χ1n) is 9.60. The van der Waals surface area contributed by atoms with Crippen LogP contribution >= 0.6 is 0 Å². The Kier molecular flexibility index (Phi) is 6.45. The third-order valence-corrected chi connectivity index (χ3v) is 5.19. The molecular weight excluding hydrogens is 341 g/mol. The number of likely N-dealkylation sites (tertiary alicyclic amines) is 1. The molecule has 0 bridgehead atoms. The Hall–Kier alpha value is -2.40. The minimum absolute atomic E-state index is 0.144. The van der Waals surface area contributed by atoms with E-state index < -0.39 is 0 Å². The number of piperidine rings is 1. The Morgan fingerprint density at radius 1 is 1.04 bits per heavy atom. The van der Waals surface area contributed by atoms with Gasteiger partial charge in [0.15, 0.2) is 0 Å². The van der Waals surface area contributed by atoms with Crippen molar-refractivity contribution in [1.29, 1.82) is 0 Å². The molecule has 1 heterocycles. The summed E-state index contributed by atoms with van der Waals surface area (Å²) in [5.74, 6) is -0.499. The Labute approximate surface area is 161 Å². The van der Waals surface area contributed by atoms with Crippen molar-refractivity contribution in [2.75, 3.05) is 38.6 Å². The van der Waals surface area contributed by atoms with E-state index in [4.69, 9.17) is 0 Å². The van der Waals surface area contributed by atoms with E-state index in [0.29, 0.717) is 12.1 Å². The molecule has 1 aliphatic rings. The quantitative estimate of drug-likeness (QED) is 0.840. The first kappa shape index (κ1) is 19.4. The Bertz CT molecular complexity index is 737. The van der Waals surface area contributed by atoms with E-state index in [2.05, 4.69) is 39.4 Å². The minimum atomic E-state index is -0.335. The highest BCUT2D eigenvalue weighted by atomic mass is 19.1. The Morgan fingerprint density at radius 3 is 2.26 bits per heavy atom. The first-order valence-corrected chi connectivity index (χ1v) is 9.60. The van der Waals surface area contributed by atoms with Gasteiger partial charge in [-0.15, -0.1) is 0 Å². The van der Waals surface area contributed by atoms with Crippen LogP contribution in [0.15, 0.2) is 48.5 Å². The van der Waals surface area contributed by atoms with Gasteiger partial charge in [0.25, 0.3) is 5.91 Å². The topological polar surface area (TPSA) is 35.6 Å². The molecule has 1 amide bonds. The number of hydrogen-bond donors (Lipinski definition) is 1. The normalized spacial score (nSPS) is 16.0. The number of amides is 1. The predicted octanol–water partition coefficient (Wildman–Crippen LogP) is 3.85. The SMILES string of the molecule is CN(C)c1ccc(C(CNC(=O)c2ccc(F)cc2)N2CCCCC2)cc1. The second kappa shape index (κ2) is 9.00. The first-order chi connectivity index (χ1) is 13.0. The number of anilines is 1. The zero-order chi connectivity index (χ0) is 19.2. The van der Waals surface area contributed by atoms with E-state index in [1.807, 2.05) is 14.1 Å². The molecule has 1 fully saturated rings. The molecule has 2 aromatic rings. The maximum Gasteiger partial charge on any atom is 0.251 e. The average molecular weight is 369 g/mol. The number of hydrogen-bond acceptors (Lipinski definition) is 3. The van der Waals surface area contributed by atoms with Crippen LogP contribution in [-0.4, -0.2) is 44.5 Å². The van der Waals surface area contributed by atoms with Crippen LogP contribution < -0.4 is 10.2 Å². The molecule has 1 unspecified atom stereocenters. The van der Waals surface area contributed by atoms with E-state index >= 15 is 0 Å². The van der Waals surface area contributed by atoms with Crippen LogP contribution in [0.3, 0.4) is 0 Å². The zero-order valence-corrected chi connectivity index (χ0v) is 16.1. The summed E-state index contributed by atoms with van der Waals surface area (Å²) in [5.41, 5.74) is 2.85. The molecule has 0 aliphatic carbocycles. The standard InChI is InChI=1S/C22H28FN3O/c1-25(2)20-12-8-17(9-13-20)21(26-14-4-3-5-15-26)16-24-22(27)18-6-10-19(23)11-7-18/h6-13,21H,3-5,14-16H2,1-2H3,(H,24,27). The lowest BCUT2D eigenvalue weighted by Gasteiger charge is -2.35. The molecule has 1 atom stereocenters. The Morgan fingerprint density at radius 2 is 1.67 bits per heavy atom. The maximum absolute atomic E-state index is 13.1.